The first-order valence-electron chi connectivity index (χ1n) is 9.22. The highest BCUT2D eigenvalue weighted by Crippen LogP contribution is 2.36. The average Bonchev–Trinajstić information content (AvgIpc) is 3.18. The molecule has 1 aromatic heterocycles. The molecule has 0 saturated carbocycles. The molecule has 1 spiro atoms. The maximum atomic E-state index is 12.6. The number of benzene rings is 1. The van der Waals surface area contributed by atoms with Gasteiger partial charge in [0.15, 0.2) is 0 Å². The lowest BCUT2D eigenvalue weighted by Gasteiger charge is -2.39. The number of piperidine rings is 1. The van der Waals surface area contributed by atoms with Gasteiger partial charge in [0.05, 0.1) is 11.0 Å². The van der Waals surface area contributed by atoms with Crippen LogP contribution >= 0.6 is 12.4 Å². The summed E-state index contributed by atoms with van der Waals surface area (Å²) in [6.45, 7) is 4.36. The number of rotatable bonds is 3. The van der Waals surface area contributed by atoms with Crippen LogP contribution in [0, 0.1) is 5.41 Å². The zero-order chi connectivity index (χ0) is 17.4. The van der Waals surface area contributed by atoms with E-state index in [-0.39, 0.29) is 24.0 Å². The lowest BCUT2D eigenvalue weighted by molar-refractivity contribution is -0.133. The number of halogens is 1. The zero-order valence-electron chi connectivity index (χ0n) is 15.2. The van der Waals surface area contributed by atoms with Crippen molar-refractivity contribution in [3.8, 4) is 0 Å². The van der Waals surface area contributed by atoms with Gasteiger partial charge in [-0.2, -0.15) is 0 Å². The fraction of sp³-hybridized carbons (Fsp3) is 0.579. The Balaban J connectivity index is 0.00000196. The van der Waals surface area contributed by atoms with Gasteiger partial charge in [0.2, 0.25) is 5.91 Å². The third-order valence-electron chi connectivity index (χ3n) is 6.11. The summed E-state index contributed by atoms with van der Waals surface area (Å²) in [7, 11) is 1.78. The predicted molar refractivity (Wildman–Crippen MR) is 105 cm³/mol. The number of fused-ring (bicyclic) bond motifs is 1. The summed E-state index contributed by atoms with van der Waals surface area (Å²) in [5.41, 5.74) is 2.18. The van der Waals surface area contributed by atoms with Gasteiger partial charge in [-0.15, -0.1) is 12.4 Å². The standard InChI is InChI=1S/C19H26N4O2.ClH/c1-21-15-4-2-3-5-16(15)23(18(21)25)11-6-17(24)22-12-8-19(9-13-22)7-10-20-14-19;/h2-5,20H,6-14H2,1H3;1H. The molecule has 2 saturated heterocycles. The van der Waals surface area contributed by atoms with E-state index in [1.807, 2.05) is 29.2 Å². The fourth-order valence-electron chi connectivity index (χ4n) is 4.40. The molecule has 0 bridgehead atoms. The first kappa shape index (κ1) is 19.0. The van der Waals surface area contributed by atoms with Gasteiger partial charge in [0.1, 0.15) is 0 Å². The Morgan fingerprint density at radius 1 is 1.15 bits per heavy atom. The van der Waals surface area contributed by atoms with E-state index in [2.05, 4.69) is 5.32 Å². The second kappa shape index (κ2) is 7.45. The lowest BCUT2D eigenvalue weighted by atomic mass is 9.78. The molecule has 2 aliphatic rings. The molecule has 0 unspecified atom stereocenters. The highest BCUT2D eigenvalue weighted by molar-refractivity contribution is 5.85. The average molecular weight is 379 g/mol. The van der Waals surface area contributed by atoms with Crippen molar-refractivity contribution in [2.75, 3.05) is 26.2 Å². The SMILES string of the molecule is Cl.Cn1c(=O)n(CCC(=O)N2CCC3(CCNC3)CC2)c2ccccc21. The molecule has 4 rings (SSSR count). The van der Waals surface area contributed by atoms with E-state index in [1.165, 1.54) is 6.42 Å². The summed E-state index contributed by atoms with van der Waals surface area (Å²) in [6, 6.07) is 7.74. The van der Waals surface area contributed by atoms with Crippen LogP contribution in [0.25, 0.3) is 11.0 Å². The molecule has 3 heterocycles. The Morgan fingerprint density at radius 3 is 2.50 bits per heavy atom. The number of hydrogen-bond acceptors (Lipinski definition) is 3. The smallest absolute Gasteiger partial charge is 0.328 e. The summed E-state index contributed by atoms with van der Waals surface area (Å²) in [4.78, 5) is 27.0. The van der Waals surface area contributed by atoms with Crippen LogP contribution in [-0.2, 0) is 18.4 Å². The van der Waals surface area contributed by atoms with Gasteiger partial charge in [0.25, 0.3) is 0 Å². The molecule has 1 amide bonds. The summed E-state index contributed by atoms with van der Waals surface area (Å²) >= 11 is 0. The minimum Gasteiger partial charge on any atom is -0.343 e. The van der Waals surface area contributed by atoms with E-state index in [1.54, 1.807) is 16.2 Å². The van der Waals surface area contributed by atoms with Gasteiger partial charge in [0, 0.05) is 39.6 Å². The minimum absolute atomic E-state index is 0. The number of nitrogens with zero attached hydrogens (tertiary/aromatic N) is 3. The predicted octanol–water partition coefficient (Wildman–Crippen LogP) is 1.75. The van der Waals surface area contributed by atoms with Gasteiger partial charge in [-0.25, -0.2) is 4.79 Å². The largest absolute Gasteiger partial charge is 0.343 e. The molecule has 2 aromatic rings. The highest BCUT2D eigenvalue weighted by Gasteiger charge is 2.37. The van der Waals surface area contributed by atoms with E-state index >= 15 is 0 Å². The Kier molecular flexibility index (Phi) is 5.44. The lowest BCUT2D eigenvalue weighted by Crippen LogP contribution is -2.44. The number of carbonyl (C=O) groups excluding carboxylic acids is 1. The van der Waals surface area contributed by atoms with Crippen molar-refractivity contribution in [3.63, 3.8) is 0 Å². The molecule has 142 valence electrons. The second-order valence-corrected chi connectivity index (χ2v) is 7.54. The van der Waals surface area contributed by atoms with Crippen molar-refractivity contribution >= 4 is 29.3 Å². The second-order valence-electron chi connectivity index (χ2n) is 7.54. The van der Waals surface area contributed by atoms with Crippen LogP contribution in [0.5, 0.6) is 0 Å². The molecular weight excluding hydrogens is 352 g/mol. The normalized spacial score (nSPS) is 19.0. The third kappa shape index (κ3) is 3.28. The van der Waals surface area contributed by atoms with Crippen molar-refractivity contribution in [2.45, 2.75) is 32.2 Å². The van der Waals surface area contributed by atoms with Gasteiger partial charge in [-0.3, -0.25) is 13.9 Å². The van der Waals surface area contributed by atoms with E-state index in [0.717, 1.165) is 50.1 Å². The maximum Gasteiger partial charge on any atom is 0.328 e. The summed E-state index contributed by atoms with van der Waals surface area (Å²) in [6.07, 6.45) is 3.82. The van der Waals surface area contributed by atoms with Crippen molar-refractivity contribution in [2.24, 2.45) is 12.5 Å². The maximum absolute atomic E-state index is 12.6. The van der Waals surface area contributed by atoms with E-state index in [0.29, 0.717) is 18.4 Å². The number of amides is 1. The molecule has 0 atom stereocenters. The number of imidazole rings is 1. The van der Waals surface area contributed by atoms with Crippen LogP contribution in [0.4, 0.5) is 0 Å². The summed E-state index contributed by atoms with van der Waals surface area (Å²) < 4.78 is 3.37. The van der Waals surface area contributed by atoms with Gasteiger partial charge < -0.3 is 10.2 Å². The number of aromatic nitrogens is 2. The quantitative estimate of drug-likeness (QED) is 0.885. The minimum atomic E-state index is -0.0522. The molecular formula is C19H27ClN4O2. The molecule has 1 N–H and O–H groups in total. The number of para-hydroxylation sites is 2. The number of likely N-dealkylation sites (tertiary alicyclic amines) is 1. The Labute approximate surface area is 159 Å². The third-order valence-corrected chi connectivity index (χ3v) is 6.11. The molecule has 2 aliphatic heterocycles. The van der Waals surface area contributed by atoms with Crippen LogP contribution in [-0.4, -0.2) is 46.1 Å². The molecule has 2 fully saturated rings. The number of aryl methyl sites for hydroxylation is 2. The van der Waals surface area contributed by atoms with Crippen LogP contribution in [0.1, 0.15) is 25.7 Å². The van der Waals surface area contributed by atoms with Crippen LogP contribution in [0.15, 0.2) is 29.1 Å². The highest BCUT2D eigenvalue weighted by atomic mass is 35.5. The monoisotopic (exact) mass is 378 g/mol. The van der Waals surface area contributed by atoms with Crippen molar-refractivity contribution in [1.82, 2.24) is 19.4 Å². The Bertz CT molecular complexity index is 841. The zero-order valence-corrected chi connectivity index (χ0v) is 16.1. The number of nitrogens with one attached hydrogen (secondary N) is 1. The summed E-state index contributed by atoms with van der Waals surface area (Å²) in [5.74, 6) is 0.167. The van der Waals surface area contributed by atoms with Gasteiger partial charge >= 0.3 is 5.69 Å². The topological polar surface area (TPSA) is 59.3 Å². The number of hydrogen-bond donors (Lipinski definition) is 1. The molecule has 7 heteroatoms. The first-order valence-corrected chi connectivity index (χ1v) is 9.22. The molecule has 1 aromatic carbocycles. The summed E-state index contributed by atoms with van der Waals surface area (Å²) in [5, 5.41) is 3.46. The number of carbonyl (C=O) groups is 1. The van der Waals surface area contributed by atoms with Gasteiger partial charge in [-0.1, -0.05) is 12.1 Å². The van der Waals surface area contributed by atoms with Gasteiger partial charge in [-0.05, 0) is 43.4 Å². The first-order chi connectivity index (χ1) is 12.1. The van der Waals surface area contributed by atoms with E-state index < -0.39 is 0 Å². The van der Waals surface area contributed by atoms with Crippen LogP contribution in [0.2, 0.25) is 0 Å². The van der Waals surface area contributed by atoms with E-state index in [9.17, 15) is 9.59 Å². The molecule has 26 heavy (non-hydrogen) atoms. The van der Waals surface area contributed by atoms with Crippen molar-refractivity contribution < 1.29 is 4.79 Å². The Morgan fingerprint density at radius 2 is 1.85 bits per heavy atom. The van der Waals surface area contributed by atoms with Crippen molar-refractivity contribution in [1.29, 1.82) is 0 Å². The Hall–Kier alpha value is -1.79. The molecule has 0 aliphatic carbocycles. The van der Waals surface area contributed by atoms with Crippen LogP contribution < -0.4 is 11.0 Å². The van der Waals surface area contributed by atoms with E-state index in [4.69, 9.17) is 0 Å². The molecule has 6 nitrogen and oxygen atoms in total. The fourth-order valence-corrected chi connectivity index (χ4v) is 4.40. The molecule has 0 radical (unpaired) electrons. The van der Waals surface area contributed by atoms with Crippen molar-refractivity contribution in [3.05, 3.63) is 34.7 Å². The van der Waals surface area contributed by atoms with Crippen LogP contribution in [0.3, 0.4) is 0 Å².